The van der Waals surface area contributed by atoms with Gasteiger partial charge in [-0.05, 0) is 0 Å². The molecular weight excluding hydrogens is 907 g/mol. The van der Waals surface area contributed by atoms with Crippen LogP contribution in [0.4, 0.5) is 0 Å². The van der Waals surface area contributed by atoms with E-state index in [2.05, 4.69) is 152 Å². The first-order chi connectivity index (χ1) is 35.6. The average molecular weight is 1020 g/mol. The van der Waals surface area contributed by atoms with Crippen LogP contribution < -0.4 is 0 Å². The molecule has 5 heteroatoms. The Kier molecular flexibility index (Phi) is 31.9. The van der Waals surface area contributed by atoms with Gasteiger partial charge in [0.2, 0.25) is 0 Å². The molecule has 0 unspecified atom stereocenters. The maximum atomic E-state index is 8.23. The molecule has 0 saturated carbocycles. The van der Waals surface area contributed by atoms with E-state index in [1.165, 1.54) is 223 Å². The monoisotopic (exact) mass is 1020 g/mol. The summed E-state index contributed by atoms with van der Waals surface area (Å²) in [7, 11) is -0.646. The molecule has 4 aromatic rings. The third-order valence-corrected chi connectivity index (χ3v) is 23.0. The van der Waals surface area contributed by atoms with E-state index in [9.17, 15) is 0 Å². The van der Waals surface area contributed by atoms with Crippen molar-refractivity contribution in [2.75, 3.05) is 37.9 Å². The number of hydrogen-bond donors (Lipinski definition) is 0. The van der Waals surface area contributed by atoms with Crippen LogP contribution in [0.3, 0.4) is 0 Å². The first-order valence-corrected chi connectivity index (χ1v) is 33.7. The second-order valence-electron chi connectivity index (χ2n) is 23.0. The molecule has 0 N–H and O–H groups in total. The Morgan fingerprint density at radius 3 is 0.795 bits per heavy atom. The molecule has 0 amide bonds. The summed E-state index contributed by atoms with van der Waals surface area (Å²) in [6.07, 6.45) is 40.6. The predicted molar refractivity (Wildman–Crippen MR) is 326 cm³/mol. The molecule has 4 aromatic carbocycles. The van der Waals surface area contributed by atoms with Crippen molar-refractivity contribution < 1.29 is 13.7 Å². The molecule has 4 rings (SSSR count). The summed E-state index contributed by atoms with van der Waals surface area (Å²) in [5.41, 5.74) is 10.8. The van der Waals surface area contributed by atoms with Crippen LogP contribution in [0.5, 0.6) is 0 Å². The molecule has 0 aliphatic carbocycles. The van der Waals surface area contributed by atoms with Crippen molar-refractivity contribution in [2.24, 2.45) is 0 Å². The standard InChI is InChI=1S/C68H110BO3P/c1-9-13-17-21-25-29-55-73(56-30-26-22-18-14-10-2,57-31-27-23-19-15-11-3,58-32-28-24-20-16-12-4)72-69(70-53-33-35-67(63-45-37-59(5)38-46-63)64-47-39-60(6)40-48-64)71-54-34-36-68(65-49-41-61(7)42-50-65)66-51-43-62(8)44-52-66/h37-52,67-68H,9-36,53-58H2,1-8H3. The number of benzene rings is 4. The van der Waals surface area contributed by atoms with Gasteiger partial charge in [-0.25, -0.2) is 0 Å². The summed E-state index contributed by atoms with van der Waals surface area (Å²) >= 11 is 0. The molecule has 73 heavy (non-hydrogen) atoms. The van der Waals surface area contributed by atoms with E-state index in [4.69, 9.17) is 13.7 Å². The van der Waals surface area contributed by atoms with Crippen molar-refractivity contribution in [3.05, 3.63) is 142 Å². The Balaban J connectivity index is 1.72. The fraction of sp³-hybridized carbons (Fsp3) is 0.647. The van der Waals surface area contributed by atoms with E-state index in [1.54, 1.807) is 0 Å². The summed E-state index contributed by atoms with van der Waals surface area (Å²) in [6.45, 7) is 16.5. The van der Waals surface area contributed by atoms with Crippen molar-refractivity contribution >= 4 is 14.2 Å². The topological polar surface area (TPSA) is 27.7 Å². The zero-order valence-corrected chi connectivity index (χ0v) is 49.6. The summed E-state index contributed by atoms with van der Waals surface area (Å²) < 4.78 is 22.7. The molecule has 0 aliphatic rings. The maximum absolute atomic E-state index is 8.23. The number of hydrogen-bond acceptors (Lipinski definition) is 3. The molecule has 0 heterocycles. The Morgan fingerprint density at radius 2 is 0.548 bits per heavy atom. The van der Waals surface area contributed by atoms with Gasteiger partial charge in [0.25, 0.3) is 0 Å². The summed E-state index contributed by atoms with van der Waals surface area (Å²) in [6, 6.07) is 36.9. The number of aryl methyl sites for hydroxylation is 4. The third kappa shape index (κ3) is 24.4. The molecule has 408 valence electrons. The fourth-order valence-corrected chi connectivity index (χ4v) is 18.0. The summed E-state index contributed by atoms with van der Waals surface area (Å²) in [5.74, 6) is 0.622. The van der Waals surface area contributed by atoms with Crippen LogP contribution in [0.25, 0.3) is 0 Å². The van der Waals surface area contributed by atoms with Gasteiger partial charge in [0.05, 0.1) is 0 Å². The quantitative estimate of drug-likeness (QED) is 0.0251. The molecule has 0 aliphatic heterocycles. The van der Waals surface area contributed by atoms with E-state index in [0.29, 0.717) is 25.0 Å². The minimum atomic E-state index is -2.86. The molecule has 0 spiro atoms. The minimum absolute atomic E-state index is 0.311. The van der Waals surface area contributed by atoms with Crippen LogP contribution in [0, 0.1) is 27.7 Å². The van der Waals surface area contributed by atoms with E-state index in [1.807, 2.05) is 0 Å². The first kappa shape index (κ1) is 62.8. The molecule has 0 radical (unpaired) electrons. The zero-order chi connectivity index (χ0) is 52.3. The Morgan fingerprint density at radius 1 is 0.315 bits per heavy atom. The van der Waals surface area contributed by atoms with Gasteiger partial charge >= 0.3 is 454 Å². The van der Waals surface area contributed by atoms with Gasteiger partial charge in [0.15, 0.2) is 0 Å². The van der Waals surface area contributed by atoms with Crippen molar-refractivity contribution in [2.45, 2.75) is 247 Å². The van der Waals surface area contributed by atoms with E-state index < -0.39 is 14.2 Å². The summed E-state index contributed by atoms with van der Waals surface area (Å²) in [5, 5.41) is 0. The predicted octanol–water partition coefficient (Wildman–Crippen LogP) is 21.4. The Bertz CT molecular complexity index is 1670. The fourth-order valence-electron chi connectivity index (χ4n) is 11.6. The zero-order valence-electron chi connectivity index (χ0n) is 48.7. The average Bonchev–Trinajstić information content (AvgIpc) is 3.39. The van der Waals surface area contributed by atoms with Crippen molar-refractivity contribution in [1.29, 1.82) is 0 Å². The number of rotatable bonds is 44. The van der Waals surface area contributed by atoms with Gasteiger partial charge in [0.1, 0.15) is 0 Å². The van der Waals surface area contributed by atoms with Crippen LogP contribution in [-0.4, -0.2) is 45.2 Å². The second-order valence-corrected chi connectivity index (χ2v) is 28.7. The van der Waals surface area contributed by atoms with Gasteiger partial charge < -0.3 is 0 Å². The molecule has 0 bridgehead atoms. The third-order valence-electron chi connectivity index (χ3n) is 16.4. The van der Waals surface area contributed by atoms with Gasteiger partial charge in [-0.1, -0.05) is 0 Å². The van der Waals surface area contributed by atoms with Crippen LogP contribution in [0.15, 0.2) is 97.1 Å². The molecule has 0 saturated heterocycles. The molecule has 0 atom stereocenters. The van der Waals surface area contributed by atoms with Gasteiger partial charge in [-0.3, -0.25) is 0 Å². The van der Waals surface area contributed by atoms with Crippen LogP contribution in [-0.2, 0) is 13.7 Å². The van der Waals surface area contributed by atoms with E-state index in [-0.39, 0.29) is 0 Å². The van der Waals surface area contributed by atoms with E-state index in [0.717, 1.165) is 25.7 Å². The molecule has 0 fully saturated rings. The normalized spacial score (nSPS) is 12.5. The van der Waals surface area contributed by atoms with Gasteiger partial charge in [-0.2, -0.15) is 0 Å². The van der Waals surface area contributed by atoms with E-state index >= 15 is 0 Å². The molecular formula is C68H110BO3P. The first-order valence-electron chi connectivity index (χ1n) is 30.8. The van der Waals surface area contributed by atoms with Crippen molar-refractivity contribution in [1.82, 2.24) is 0 Å². The Labute approximate surface area is 452 Å². The van der Waals surface area contributed by atoms with Crippen LogP contribution in [0.2, 0.25) is 0 Å². The Hall–Kier alpha value is -2.75. The summed E-state index contributed by atoms with van der Waals surface area (Å²) in [4.78, 5) is 0. The van der Waals surface area contributed by atoms with Crippen molar-refractivity contribution in [3.63, 3.8) is 0 Å². The van der Waals surface area contributed by atoms with Crippen LogP contribution in [0.1, 0.15) is 264 Å². The van der Waals surface area contributed by atoms with Crippen molar-refractivity contribution in [3.8, 4) is 0 Å². The molecule has 3 nitrogen and oxygen atoms in total. The second kappa shape index (κ2) is 37.1. The molecule has 0 aromatic heterocycles. The van der Waals surface area contributed by atoms with Crippen LogP contribution >= 0.6 is 6.83 Å². The van der Waals surface area contributed by atoms with Gasteiger partial charge in [0, 0.05) is 0 Å². The SMILES string of the molecule is CCCCCCCCP(CCCCCCCC)(CCCCCCCC)(CCCCCCCC)OB(OCCCC(c1ccc(C)cc1)c1ccc(C)cc1)OCCCC(c1ccc(C)cc1)c1ccc(C)cc1. The van der Waals surface area contributed by atoms with Gasteiger partial charge in [-0.15, -0.1) is 0 Å². The number of unbranched alkanes of at least 4 members (excludes halogenated alkanes) is 20.